The molecule has 1 N–H and O–H groups in total. The first-order valence-electron chi connectivity index (χ1n) is 8.61. The standard InChI is InChI=1S/C20H24F2N2/c1-14(23-15(2)20-18(21)9-6-10-19(20)22)16-7-5-8-17(13-16)24-11-3-4-12-24/h5-10,13-15,23H,3-4,11-12H2,1-2H3/t14-,15+/m1/s1. The third kappa shape index (κ3) is 3.59. The van der Waals surface area contributed by atoms with Gasteiger partial charge >= 0.3 is 0 Å². The molecule has 2 aromatic rings. The van der Waals surface area contributed by atoms with Gasteiger partial charge < -0.3 is 10.2 Å². The average molecular weight is 330 g/mol. The third-order valence-corrected chi connectivity index (χ3v) is 4.77. The fourth-order valence-corrected chi connectivity index (χ4v) is 3.45. The quantitative estimate of drug-likeness (QED) is 0.832. The molecule has 24 heavy (non-hydrogen) atoms. The fourth-order valence-electron chi connectivity index (χ4n) is 3.45. The maximum atomic E-state index is 13.9. The lowest BCUT2D eigenvalue weighted by Gasteiger charge is -2.24. The van der Waals surface area contributed by atoms with Crippen LogP contribution in [0.25, 0.3) is 0 Å². The molecule has 2 nitrogen and oxygen atoms in total. The van der Waals surface area contributed by atoms with E-state index in [-0.39, 0.29) is 11.6 Å². The second-order valence-electron chi connectivity index (χ2n) is 6.53. The zero-order valence-corrected chi connectivity index (χ0v) is 14.2. The van der Waals surface area contributed by atoms with Gasteiger partial charge in [0.05, 0.1) is 0 Å². The van der Waals surface area contributed by atoms with Crippen LogP contribution in [0.1, 0.15) is 49.9 Å². The van der Waals surface area contributed by atoms with E-state index in [1.807, 2.05) is 6.92 Å². The van der Waals surface area contributed by atoms with Gasteiger partial charge in [-0.15, -0.1) is 0 Å². The zero-order chi connectivity index (χ0) is 17.1. The van der Waals surface area contributed by atoms with E-state index in [4.69, 9.17) is 0 Å². The molecule has 1 aliphatic heterocycles. The molecule has 1 heterocycles. The largest absolute Gasteiger partial charge is 0.372 e. The summed E-state index contributed by atoms with van der Waals surface area (Å²) in [6.07, 6.45) is 2.48. The summed E-state index contributed by atoms with van der Waals surface area (Å²) in [6, 6.07) is 12.0. The van der Waals surface area contributed by atoms with Crippen LogP contribution >= 0.6 is 0 Å². The Bertz CT molecular complexity index is 676. The Morgan fingerprint density at radius 3 is 2.21 bits per heavy atom. The average Bonchev–Trinajstić information content (AvgIpc) is 3.09. The van der Waals surface area contributed by atoms with E-state index in [1.54, 1.807) is 6.92 Å². The van der Waals surface area contributed by atoms with Gasteiger partial charge in [-0.25, -0.2) is 8.78 Å². The normalized spacial score (nSPS) is 17.1. The number of anilines is 1. The Labute approximate surface area is 142 Å². The summed E-state index contributed by atoms with van der Waals surface area (Å²) in [5, 5.41) is 3.31. The highest BCUT2D eigenvalue weighted by Crippen LogP contribution is 2.27. The van der Waals surface area contributed by atoms with Crippen LogP contribution in [-0.2, 0) is 0 Å². The monoisotopic (exact) mass is 330 g/mol. The van der Waals surface area contributed by atoms with Crippen LogP contribution in [0.3, 0.4) is 0 Å². The van der Waals surface area contributed by atoms with Gasteiger partial charge in [-0.05, 0) is 56.5 Å². The fraction of sp³-hybridized carbons (Fsp3) is 0.400. The third-order valence-electron chi connectivity index (χ3n) is 4.77. The van der Waals surface area contributed by atoms with Crippen LogP contribution in [0.15, 0.2) is 42.5 Å². The molecule has 0 saturated carbocycles. The van der Waals surface area contributed by atoms with Crippen molar-refractivity contribution in [2.75, 3.05) is 18.0 Å². The van der Waals surface area contributed by atoms with Crippen molar-refractivity contribution in [1.29, 1.82) is 0 Å². The van der Waals surface area contributed by atoms with Crippen LogP contribution in [0.4, 0.5) is 14.5 Å². The molecule has 0 radical (unpaired) electrons. The lowest BCUT2D eigenvalue weighted by Crippen LogP contribution is -2.24. The molecule has 0 unspecified atom stereocenters. The summed E-state index contributed by atoms with van der Waals surface area (Å²) in [6.45, 7) is 6.02. The Hall–Kier alpha value is -1.94. The van der Waals surface area contributed by atoms with E-state index in [2.05, 4.69) is 34.5 Å². The van der Waals surface area contributed by atoms with E-state index in [0.29, 0.717) is 0 Å². The molecule has 0 aromatic heterocycles. The maximum absolute atomic E-state index is 13.9. The van der Waals surface area contributed by atoms with Crippen molar-refractivity contribution in [2.45, 2.75) is 38.8 Å². The van der Waals surface area contributed by atoms with Gasteiger partial charge in [0.2, 0.25) is 0 Å². The van der Waals surface area contributed by atoms with Crippen molar-refractivity contribution < 1.29 is 8.78 Å². The van der Waals surface area contributed by atoms with Gasteiger partial charge in [0.25, 0.3) is 0 Å². The summed E-state index contributed by atoms with van der Waals surface area (Å²) < 4.78 is 27.9. The molecule has 0 aliphatic carbocycles. The van der Waals surface area contributed by atoms with Gasteiger partial charge in [0.15, 0.2) is 0 Å². The Morgan fingerprint density at radius 1 is 0.917 bits per heavy atom. The first kappa shape index (κ1) is 16.9. The molecule has 0 amide bonds. The first-order chi connectivity index (χ1) is 11.6. The minimum atomic E-state index is -0.506. The van der Waals surface area contributed by atoms with E-state index in [1.165, 1.54) is 36.7 Å². The number of nitrogens with zero attached hydrogens (tertiary/aromatic N) is 1. The Kier molecular flexibility index (Phi) is 5.14. The number of hydrogen-bond acceptors (Lipinski definition) is 2. The van der Waals surface area contributed by atoms with Crippen molar-refractivity contribution >= 4 is 5.69 Å². The van der Waals surface area contributed by atoms with E-state index < -0.39 is 17.7 Å². The molecule has 1 saturated heterocycles. The SMILES string of the molecule is C[C@H](N[C@H](C)c1cccc(N2CCCC2)c1)c1c(F)cccc1F. The summed E-state index contributed by atoms with van der Waals surface area (Å²) in [5.74, 6) is -1.01. The van der Waals surface area contributed by atoms with E-state index in [0.717, 1.165) is 18.7 Å². The molecule has 1 fully saturated rings. The minimum absolute atomic E-state index is 0.00144. The van der Waals surface area contributed by atoms with Gasteiger partial charge in [-0.3, -0.25) is 0 Å². The number of rotatable bonds is 5. The van der Waals surface area contributed by atoms with Gasteiger partial charge in [0, 0.05) is 36.4 Å². The van der Waals surface area contributed by atoms with Gasteiger partial charge in [-0.1, -0.05) is 18.2 Å². The van der Waals surface area contributed by atoms with Crippen molar-refractivity contribution in [3.05, 3.63) is 65.2 Å². The first-order valence-corrected chi connectivity index (χ1v) is 8.61. The summed E-state index contributed by atoms with van der Waals surface area (Å²) in [4.78, 5) is 2.39. The van der Waals surface area contributed by atoms with Crippen molar-refractivity contribution in [3.63, 3.8) is 0 Å². The van der Waals surface area contributed by atoms with Gasteiger partial charge in [0.1, 0.15) is 11.6 Å². The second kappa shape index (κ2) is 7.31. The molecule has 128 valence electrons. The Morgan fingerprint density at radius 2 is 1.54 bits per heavy atom. The van der Waals surface area contributed by atoms with Gasteiger partial charge in [-0.2, -0.15) is 0 Å². The van der Waals surface area contributed by atoms with Crippen LogP contribution in [0.2, 0.25) is 0 Å². The molecule has 3 rings (SSSR count). The van der Waals surface area contributed by atoms with Crippen molar-refractivity contribution in [1.82, 2.24) is 5.32 Å². The predicted molar refractivity (Wildman–Crippen MR) is 94.2 cm³/mol. The maximum Gasteiger partial charge on any atom is 0.130 e. The number of benzene rings is 2. The van der Waals surface area contributed by atoms with Crippen LogP contribution in [0, 0.1) is 11.6 Å². The molecule has 0 spiro atoms. The second-order valence-corrected chi connectivity index (χ2v) is 6.53. The predicted octanol–water partition coefficient (Wildman–Crippen LogP) is 4.98. The van der Waals surface area contributed by atoms with E-state index in [9.17, 15) is 8.78 Å². The highest BCUT2D eigenvalue weighted by Gasteiger charge is 2.19. The lowest BCUT2D eigenvalue weighted by atomic mass is 10.0. The molecule has 1 aliphatic rings. The summed E-state index contributed by atoms with van der Waals surface area (Å²) in [7, 11) is 0. The van der Waals surface area contributed by atoms with Crippen molar-refractivity contribution in [2.24, 2.45) is 0 Å². The number of nitrogens with one attached hydrogen (secondary N) is 1. The molecule has 0 bridgehead atoms. The topological polar surface area (TPSA) is 15.3 Å². The number of halogens is 2. The molecular weight excluding hydrogens is 306 g/mol. The lowest BCUT2D eigenvalue weighted by molar-refractivity contribution is 0.450. The minimum Gasteiger partial charge on any atom is -0.372 e. The Balaban J connectivity index is 1.74. The molecule has 2 aromatic carbocycles. The number of hydrogen-bond donors (Lipinski definition) is 1. The van der Waals surface area contributed by atoms with E-state index >= 15 is 0 Å². The van der Waals surface area contributed by atoms with Crippen LogP contribution in [0.5, 0.6) is 0 Å². The molecular formula is C20H24F2N2. The van der Waals surface area contributed by atoms with Crippen molar-refractivity contribution in [3.8, 4) is 0 Å². The zero-order valence-electron chi connectivity index (χ0n) is 14.2. The summed E-state index contributed by atoms with van der Waals surface area (Å²) >= 11 is 0. The molecule has 2 atom stereocenters. The van der Waals surface area contributed by atoms with Crippen LogP contribution in [-0.4, -0.2) is 13.1 Å². The molecule has 4 heteroatoms. The smallest absolute Gasteiger partial charge is 0.130 e. The highest BCUT2D eigenvalue weighted by molar-refractivity contribution is 5.49. The highest BCUT2D eigenvalue weighted by atomic mass is 19.1. The van der Waals surface area contributed by atoms with Crippen LogP contribution < -0.4 is 10.2 Å². The summed E-state index contributed by atoms with van der Waals surface area (Å²) in [5.41, 5.74) is 2.45.